The summed E-state index contributed by atoms with van der Waals surface area (Å²) in [5.74, 6) is 0.447. The van der Waals surface area contributed by atoms with Crippen molar-refractivity contribution >= 4 is 17.6 Å². The highest BCUT2D eigenvalue weighted by molar-refractivity contribution is 6.31. The molecule has 0 aromatic heterocycles. The van der Waals surface area contributed by atoms with Crippen molar-refractivity contribution in [3.63, 3.8) is 0 Å². The zero-order chi connectivity index (χ0) is 13.0. The Hall–Kier alpha value is -1.29. The quantitative estimate of drug-likeness (QED) is 0.599. The van der Waals surface area contributed by atoms with E-state index in [1.165, 1.54) is 6.07 Å². The lowest BCUT2D eigenvalue weighted by molar-refractivity contribution is 0.478. The molecule has 1 rings (SSSR count). The van der Waals surface area contributed by atoms with Gasteiger partial charge in [-0.1, -0.05) is 17.7 Å². The van der Waals surface area contributed by atoms with E-state index in [1.54, 1.807) is 12.1 Å². The van der Waals surface area contributed by atoms with Crippen LogP contribution in [0.1, 0.15) is 5.56 Å². The van der Waals surface area contributed by atoms with E-state index in [1.807, 2.05) is 38.0 Å². The SMILES string of the molecule is CN(C)C(=NCc1c(F)cccc1Cl)N(C)C. The summed E-state index contributed by atoms with van der Waals surface area (Å²) < 4.78 is 13.5. The number of nitrogens with zero attached hydrogens (tertiary/aromatic N) is 3. The van der Waals surface area contributed by atoms with Crippen molar-refractivity contribution in [3.05, 3.63) is 34.6 Å². The van der Waals surface area contributed by atoms with E-state index >= 15 is 0 Å². The van der Waals surface area contributed by atoms with Crippen molar-refractivity contribution in [2.45, 2.75) is 6.54 Å². The maximum Gasteiger partial charge on any atom is 0.195 e. The molecule has 0 saturated heterocycles. The van der Waals surface area contributed by atoms with Gasteiger partial charge < -0.3 is 9.80 Å². The smallest absolute Gasteiger partial charge is 0.195 e. The van der Waals surface area contributed by atoms with Crippen LogP contribution in [-0.2, 0) is 6.54 Å². The number of halogens is 2. The van der Waals surface area contributed by atoms with E-state index < -0.39 is 0 Å². The van der Waals surface area contributed by atoms with Gasteiger partial charge in [0.15, 0.2) is 5.96 Å². The molecule has 0 fully saturated rings. The fraction of sp³-hybridized carbons (Fsp3) is 0.417. The number of hydrogen-bond acceptors (Lipinski definition) is 1. The molecule has 5 heteroatoms. The van der Waals surface area contributed by atoms with Crippen LogP contribution in [0.3, 0.4) is 0 Å². The molecule has 0 aliphatic heterocycles. The molecule has 0 amide bonds. The topological polar surface area (TPSA) is 18.8 Å². The van der Waals surface area contributed by atoms with Gasteiger partial charge in [-0.25, -0.2) is 9.38 Å². The highest BCUT2D eigenvalue weighted by Gasteiger charge is 2.08. The zero-order valence-corrected chi connectivity index (χ0v) is 11.3. The molecule has 0 heterocycles. The van der Waals surface area contributed by atoms with Gasteiger partial charge in [0.1, 0.15) is 5.82 Å². The van der Waals surface area contributed by atoms with Gasteiger partial charge in [-0.3, -0.25) is 0 Å². The summed E-state index contributed by atoms with van der Waals surface area (Å²) in [6, 6.07) is 4.64. The Labute approximate surface area is 107 Å². The Morgan fingerprint density at radius 1 is 1.24 bits per heavy atom. The third kappa shape index (κ3) is 3.60. The molecule has 17 heavy (non-hydrogen) atoms. The zero-order valence-electron chi connectivity index (χ0n) is 10.5. The first kappa shape index (κ1) is 13.8. The standard InChI is InChI=1S/C12H17ClFN3/c1-16(2)12(17(3)4)15-8-9-10(13)6-5-7-11(9)14/h5-7H,8H2,1-4H3. The van der Waals surface area contributed by atoms with Crippen molar-refractivity contribution in [2.24, 2.45) is 4.99 Å². The molecule has 1 aromatic rings. The van der Waals surface area contributed by atoms with Crippen LogP contribution < -0.4 is 0 Å². The van der Waals surface area contributed by atoms with Gasteiger partial charge in [0.25, 0.3) is 0 Å². The molecule has 1 aromatic carbocycles. The number of rotatable bonds is 2. The summed E-state index contributed by atoms with van der Waals surface area (Å²) >= 11 is 5.94. The largest absolute Gasteiger partial charge is 0.349 e. The van der Waals surface area contributed by atoms with E-state index in [4.69, 9.17) is 11.6 Å². The van der Waals surface area contributed by atoms with Gasteiger partial charge in [0.2, 0.25) is 0 Å². The van der Waals surface area contributed by atoms with Crippen LogP contribution >= 0.6 is 11.6 Å². The van der Waals surface area contributed by atoms with E-state index in [0.29, 0.717) is 10.6 Å². The number of aliphatic imine (C=N–C) groups is 1. The van der Waals surface area contributed by atoms with Gasteiger partial charge in [-0.2, -0.15) is 0 Å². The molecule has 0 spiro atoms. The monoisotopic (exact) mass is 257 g/mol. The van der Waals surface area contributed by atoms with E-state index in [0.717, 1.165) is 5.96 Å². The third-order valence-corrected chi connectivity index (χ3v) is 2.59. The van der Waals surface area contributed by atoms with Crippen LogP contribution in [0.4, 0.5) is 4.39 Å². The van der Waals surface area contributed by atoms with Crippen LogP contribution in [0.15, 0.2) is 23.2 Å². The minimum absolute atomic E-state index is 0.233. The number of guanidine groups is 1. The van der Waals surface area contributed by atoms with Crippen LogP contribution in [-0.4, -0.2) is 44.0 Å². The maximum absolute atomic E-state index is 13.5. The first-order valence-corrected chi connectivity index (χ1v) is 5.63. The van der Waals surface area contributed by atoms with Gasteiger partial charge in [-0.15, -0.1) is 0 Å². The molecular weight excluding hydrogens is 241 g/mol. The minimum Gasteiger partial charge on any atom is -0.349 e. The van der Waals surface area contributed by atoms with Crippen LogP contribution in [0.2, 0.25) is 5.02 Å². The van der Waals surface area contributed by atoms with E-state index in [9.17, 15) is 4.39 Å². The Bertz CT molecular complexity index is 386. The molecule has 0 saturated carbocycles. The van der Waals surface area contributed by atoms with Crippen LogP contribution in [0.25, 0.3) is 0 Å². The first-order valence-electron chi connectivity index (χ1n) is 5.25. The van der Waals surface area contributed by atoms with Gasteiger partial charge >= 0.3 is 0 Å². The summed E-state index contributed by atoms with van der Waals surface area (Å²) in [6.45, 7) is 0.233. The molecule has 3 nitrogen and oxygen atoms in total. The van der Waals surface area contributed by atoms with Crippen molar-refractivity contribution in [1.82, 2.24) is 9.80 Å². The fourth-order valence-electron chi connectivity index (χ4n) is 1.52. The lowest BCUT2D eigenvalue weighted by Gasteiger charge is -2.22. The average molecular weight is 258 g/mol. The summed E-state index contributed by atoms with van der Waals surface area (Å²) in [5, 5.41) is 0.408. The normalized spacial score (nSPS) is 10.0. The molecule has 0 aliphatic rings. The lowest BCUT2D eigenvalue weighted by atomic mass is 10.2. The highest BCUT2D eigenvalue weighted by atomic mass is 35.5. The Kier molecular flexibility index (Phi) is 4.75. The average Bonchev–Trinajstić information content (AvgIpc) is 2.21. The maximum atomic E-state index is 13.5. The molecule has 0 N–H and O–H groups in total. The first-order chi connectivity index (χ1) is 7.93. The van der Waals surface area contributed by atoms with Crippen molar-refractivity contribution in [1.29, 1.82) is 0 Å². The summed E-state index contributed by atoms with van der Waals surface area (Å²) in [5.41, 5.74) is 0.426. The van der Waals surface area contributed by atoms with E-state index in [2.05, 4.69) is 4.99 Å². The predicted molar refractivity (Wildman–Crippen MR) is 69.9 cm³/mol. The Morgan fingerprint density at radius 2 is 1.82 bits per heavy atom. The van der Waals surface area contributed by atoms with Crippen molar-refractivity contribution in [3.8, 4) is 0 Å². The predicted octanol–water partition coefficient (Wildman–Crippen LogP) is 2.46. The molecular formula is C12H17ClFN3. The van der Waals surface area contributed by atoms with Crippen LogP contribution in [0.5, 0.6) is 0 Å². The summed E-state index contributed by atoms with van der Waals surface area (Å²) in [4.78, 5) is 8.10. The molecule has 0 bridgehead atoms. The molecule has 0 radical (unpaired) electrons. The Balaban J connectivity index is 2.95. The molecule has 94 valence electrons. The lowest BCUT2D eigenvalue weighted by Crippen LogP contribution is -2.35. The molecule has 0 unspecified atom stereocenters. The summed E-state index contributed by atoms with van der Waals surface area (Å²) in [7, 11) is 7.56. The highest BCUT2D eigenvalue weighted by Crippen LogP contribution is 2.19. The van der Waals surface area contributed by atoms with Gasteiger partial charge in [0, 0.05) is 38.8 Å². The number of benzene rings is 1. The molecule has 0 aliphatic carbocycles. The minimum atomic E-state index is -0.321. The van der Waals surface area contributed by atoms with Gasteiger partial charge in [0.05, 0.1) is 6.54 Å². The van der Waals surface area contributed by atoms with E-state index in [-0.39, 0.29) is 12.4 Å². The number of hydrogen-bond donors (Lipinski definition) is 0. The van der Waals surface area contributed by atoms with Crippen LogP contribution in [0, 0.1) is 5.82 Å². The molecule has 0 atom stereocenters. The van der Waals surface area contributed by atoms with Gasteiger partial charge in [-0.05, 0) is 12.1 Å². The fourth-order valence-corrected chi connectivity index (χ4v) is 1.74. The summed E-state index contributed by atoms with van der Waals surface area (Å²) in [6.07, 6.45) is 0. The second-order valence-electron chi connectivity index (χ2n) is 4.11. The third-order valence-electron chi connectivity index (χ3n) is 2.24. The Morgan fingerprint density at radius 3 is 2.29 bits per heavy atom. The second-order valence-corrected chi connectivity index (χ2v) is 4.51. The van der Waals surface area contributed by atoms with Crippen molar-refractivity contribution < 1.29 is 4.39 Å². The second kappa shape index (κ2) is 5.87. The van der Waals surface area contributed by atoms with Crippen molar-refractivity contribution in [2.75, 3.05) is 28.2 Å².